The highest BCUT2D eigenvalue weighted by atomic mass is 79.9. The predicted molar refractivity (Wildman–Crippen MR) is 181 cm³/mol. The number of quaternary nitrogens is 1. The fourth-order valence-electron chi connectivity index (χ4n) is 8.49. The van der Waals surface area contributed by atoms with Gasteiger partial charge in [0, 0.05) is 35.9 Å². The number of benzene rings is 5. The van der Waals surface area contributed by atoms with Gasteiger partial charge in [-0.1, -0.05) is 103 Å². The summed E-state index contributed by atoms with van der Waals surface area (Å²) in [4.78, 5) is 4.74. The zero-order chi connectivity index (χ0) is 29.5. The Hall–Kier alpha value is -3.83. The van der Waals surface area contributed by atoms with Crippen molar-refractivity contribution in [3.63, 3.8) is 0 Å². The summed E-state index contributed by atoms with van der Waals surface area (Å²) >= 11 is 0. The Morgan fingerprint density at radius 1 is 0.822 bits per heavy atom. The number of piperidine rings is 3. The molecular formula is C41H39BrN2O. The molecule has 3 nitrogen and oxygen atoms in total. The van der Waals surface area contributed by atoms with E-state index in [0.717, 1.165) is 36.1 Å². The largest absolute Gasteiger partial charge is 1.00 e. The number of halogens is 1. The number of fused-ring (bicyclic) bond motifs is 6. The Balaban J connectivity index is 0.00000325. The summed E-state index contributed by atoms with van der Waals surface area (Å²) < 4.78 is 8.17. The Morgan fingerprint density at radius 3 is 2.22 bits per heavy atom. The van der Waals surface area contributed by atoms with Gasteiger partial charge in [0.15, 0.2) is 0 Å². The molecule has 4 heteroatoms. The van der Waals surface area contributed by atoms with Crippen LogP contribution in [0.1, 0.15) is 35.6 Å². The van der Waals surface area contributed by atoms with Gasteiger partial charge in [-0.15, -0.1) is 6.58 Å². The molecule has 3 aliphatic heterocycles. The third-order valence-electron chi connectivity index (χ3n) is 10.6. The third-order valence-corrected chi connectivity index (χ3v) is 10.6. The number of rotatable bonds is 8. The van der Waals surface area contributed by atoms with Gasteiger partial charge in [0.1, 0.15) is 18.7 Å². The number of hydrogen-bond acceptors (Lipinski definition) is 2. The molecule has 0 aliphatic carbocycles. The van der Waals surface area contributed by atoms with E-state index in [1.807, 2.05) is 6.20 Å². The molecule has 0 radical (unpaired) electrons. The smallest absolute Gasteiger partial charge is 0.135 e. The maximum absolute atomic E-state index is 7.15. The number of nitrogens with zero attached hydrogens (tertiary/aromatic N) is 2. The first-order valence-corrected chi connectivity index (χ1v) is 16.1. The summed E-state index contributed by atoms with van der Waals surface area (Å²) in [6.45, 7) is 8.17. The normalized spacial score (nSPS) is 23.2. The minimum Gasteiger partial charge on any atom is -1.00 e. The SMILES string of the molecule is C=C[C@H]1C[N+]2(Cc3c4ccccc4cc4ccccc34)CC[C@H]1C[C@H]2[C@@H](OCc1ccccc1)c1ccnc2ccccc12.[Br-]. The van der Waals surface area contributed by atoms with E-state index >= 15 is 0 Å². The summed E-state index contributed by atoms with van der Waals surface area (Å²) in [6, 6.07) is 42.0. The van der Waals surface area contributed by atoms with Crippen molar-refractivity contribution in [2.24, 2.45) is 11.8 Å². The highest BCUT2D eigenvalue weighted by molar-refractivity contribution is 6.02. The molecule has 45 heavy (non-hydrogen) atoms. The van der Waals surface area contributed by atoms with Gasteiger partial charge in [-0.3, -0.25) is 4.98 Å². The van der Waals surface area contributed by atoms with Crippen LogP contribution in [0.3, 0.4) is 0 Å². The monoisotopic (exact) mass is 654 g/mol. The molecule has 5 aromatic carbocycles. The van der Waals surface area contributed by atoms with E-state index < -0.39 is 0 Å². The highest BCUT2D eigenvalue weighted by Gasteiger charge is 2.55. The molecule has 0 amide bonds. The van der Waals surface area contributed by atoms with Crippen LogP contribution in [0.4, 0.5) is 0 Å². The fraction of sp³-hybridized carbons (Fsp3) is 0.244. The molecule has 1 aromatic heterocycles. The molecule has 4 heterocycles. The molecule has 3 aliphatic rings. The van der Waals surface area contributed by atoms with Crippen molar-refractivity contribution in [1.82, 2.24) is 4.98 Å². The lowest BCUT2D eigenvalue weighted by molar-refractivity contribution is -0.984. The lowest BCUT2D eigenvalue weighted by Crippen LogP contribution is -3.00. The van der Waals surface area contributed by atoms with E-state index in [1.54, 1.807) is 0 Å². The first-order valence-electron chi connectivity index (χ1n) is 16.1. The molecule has 0 saturated carbocycles. The second-order valence-corrected chi connectivity index (χ2v) is 13.0. The maximum Gasteiger partial charge on any atom is 0.135 e. The zero-order valence-corrected chi connectivity index (χ0v) is 27.2. The van der Waals surface area contributed by atoms with Crippen LogP contribution in [-0.2, 0) is 17.9 Å². The van der Waals surface area contributed by atoms with Crippen molar-refractivity contribution >= 4 is 32.4 Å². The van der Waals surface area contributed by atoms with Crippen LogP contribution in [0, 0.1) is 11.8 Å². The van der Waals surface area contributed by atoms with Crippen LogP contribution in [0.25, 0.3) is 32.4 Å². The van der Waals surface area contributed by atoms with Gasteiger partial charge in [0.2, 0.25) is 0 Å². The minimum atomic E-state index is -0.0575. The first-order chi connectivity index (χ1) is 21.7. The van der Waals surface area contributed by atoms with Gasteiger partial charge < -0.3 is 26.2 Å². The Labute approximate surface area is 276 Å². The third kappa shape index (κ3) is 5.39. The van der Waals surface area contributed by atoms with Gasteiger partial charge in [0.25, 0.3) is 0 Å². The first kappa shape index (κ1) is 29.9. The van der Waals surface area contributed by atoms with Gasteiger partial charge in [-0.2, -0.15) is 0 Å². The second-order valence-electron chi connectivity index (χ2n) is 13.0. The standard InChI is InChI=1S/C41H39N2O.BrH/c1-2-30-26-43(27-38-34-16-8-6-14-32(34)24-33-15-7-9-17-35(33)38)23-21-31(30)25-40(43)41(44-28-29-12-4-3-5-13-29)37-20-22-42-39-19-11-10-18-36(37)39;/h2-20,22,24,30-31,40-41H,1,21,23,25-28H2;1H/q+1;/p-1/t30-,31-,40-,41-,43?;/m0./s1. The van der Waals surface area contributed by atoms with Crippen molar-refractivity contribution in [1.29, 1.82) is 0 Å². The van der Waals surface area contributed by atoms with E-state index in [4.69, 9.17) is 9.72 Å². The van der Waals surface area contributed by atoms with Crippen LogP contribution < -0.4 is 17.0 Å². The van der Waals surface area contributed by atoms with Crippen molar-refractivity contribution in [3.05, 3.63) is 151 Å². The summed E-state index contributed by atoms with van der Waals surface area (Å²) in [7, 11) is 0. The molecule has 3 fully saturated rings. The zero-order valence-electron chi connectivity index (χ0n) is 25.6. The van der Waals surface area contributed by atoms with Crippen LogP contribution in [0.5, 0.6) is 0 Å². The lowest BCUT2D eigenvalue weighted by atomic mass is 9.70. The van der Waals surface area contributed by atoms with Crippen LogP contribution in [0.2, 0.25) is 0 Å². The Morgan fingerprint density at radius 2 is 1.49 bits per heavy atom. The molecule has 2 bridgehead atoms. The maximum atomic E-state index is 7.15. The number of pyridine rings is 1. The van der Waals surface area contributed by atoms with Gasteiger partial charge in [-0.25, -0.2) is 0 Å². The molecule has 6 aromatic rings. The number of ether oxygens (including phenoxy) is 1. The van der Waals surface area contributed by atoms with Crippen molar-refractivity contribution in [3.8, 4) is 0 Å². The van der Waals surface area contributed by atoms with Gasteiger partial charge in [0.05, 0.1) is 25.2 Å². The van der Waals surface area contributed by atoms with Crippen molar-refractivity contribution < 1.29 is 26.2 Å². The molecule has 3 saturated heterocycles. The summed E-state index contributed by atoms with van der Waals surface area (Å²) in [5, 5.41) is 6.58. The van der Waals surface area contributed by atoms with Gasteiger partial charge in [-0.05, 0) is 56.8 Å². The summed E-state index contributed by atoms with van der Waals surface area (Å²) in [6.07, 6.45) is 6.53. The molecular weight excluding hydrogens is 616 g/mol. The molecule has 226 valence electrons. The molecule has 0 spiro atoms. The van der Waals surface area contributed by atoms with Gasteiger partial charge >= 0.3 is 0 Å². The average molecular weight is 656 g/mol. The van der Waals surface area contributed by atoms with Crippen LogP contribution >= 0.6 is 0 Å². The fourth-order valence-corrected chi connectivity index (χ4v) is 8.49. The summed E-state index contributed by atoms with van der Waals surface area (Å²) in [5.74, 6) is 1.16. The van der Waals surface area contributed by atoms with Crippen molar-refractivity contribution in [2.75, 3.05) is 13.1 Å². The molecule has 5 atom stereocenters. The van der Waals surface area contributed by atoms with E-state index in [-0.39, 0.29) is 23.1 Å². The molecule has 0 N–H and O–H groups in total. The predicted octanol–water partition coefficient (Wildman–Crippen LogP) is 6.41. The molecule has 1 unspecified atom stereocenters. The number of hydrogen-bond donors (Lipinski definition) is 0. The van der Waals surface area contributed by atoms with Crippen LogP contribution in [-0.4, -0.2) is 28.6 Å². The topological polar surface area (TPSA) is 22.1 Å². The number of para-hydroxylation sites is 1. The Kier molecular flexibility index (Phi) is 8.31. The van der Waals surface area contributed by atoms with E-state index in [1.165, 1.54) is 50.0 Å². The second kappa shape index (κ2) is 12.5. The van der Waals surface area contributed by atoms with Crippen molar-refractivity contribution in [2.45, 2.75) is 38.1 Å². The van der Waals surface area contributed by atoms with Crippen LogP contribution in [0.15, 0.2) is 134 Å². The highest BCUT2D eigenvalue weighted by Crippen LogP contribution is 2.50. The molecule has 9 rings (SSSR count). The summed E-state index contributed by atoms with van der Waals surface area (Å²) in [5.41, 5.74) is 4.97. The average Bonchev–Trinajstić information content (AvgIpc) is 3.09. The lowest BCUT2D eigenvalue weighted by Gasteiger charge is -2.58. The van der Waals surface area contributed by atoms with E-state index in [2.05, 4.69) is 128 Å². The Bertz CT molecular complexity index is 1910. The van der Waals surface area contributed by atoms with E-state index in [9.17, 15) is 0 Å². The minimum absolute atomic E-state index is 0. The van der Waals surface area contributed by atoms with E-state index in [0.29, 0.717) is 24.5 Å². The number of aromatic nitrogens is 1. The quantitative estimate of drug-likeness (QED) is 0.107.